The number of halogens is 3. The number of amides is 1. The first kappa shape index (κ1) is 21.5. The summed E-state index contributed by atoms with van der Waals surface area (Å²) >= 11 is 3.39. The molecule has 0 spiro atoms. The highest BCUT2D eigenvalue weighted by Crippen LogP contribution is 2.33. The van der Waals surface area contributed by atoms with Crippen LogP contribution in [0.2, 0.25) is 0 Å². The summed E-state index contributed by atoms with van der Waals surface area (Å²) in [6, 6.07) is 14.1. The molecule has 9 heteroatoms. The molecule has 0 saturated carbocycles. The summed E-state index contributed by atoms with van der Waals surface area (Å²) in [5.74, 6) is 0.0606. The minimum Gasteiger partial charge on any atom is -0.493 e. The van der Waals surface area contributed by atoms with Crippen molar-refractivity contribution in [1.82, 2.24) is 9.78 Å². The van der Waals surface area contributed by atoms with E-state index in [2.05, 4.69) is 31.1 Å². The second kappa shape index (κ2) is 10.0. The third-order valence-electron chi connectivity index (χ3n) is 4.06. The molecule has 3 rings (SSSR count). The summed E-state index contributed by atoms with van der Waals surface area (Å²) in [7, 11) is 1.35. The quantitative estimate of drug-likeness (QED) is 0.465. The van der Waals surface area contributed by atoms with Crippen LogP contribution in [-0.2, 0) is 11.3 Å². The highest BCUT2D eigenvalue weighted by molar-refractivity contribution is 9.10. The molecule has 0 unspecified atom stereocenters. The van der Waals surface area contributed by atoms with Crippen molar-refractivity contribution in [2.75, 3.05) is 12.4 Å². The van der Waals surface area contributed by atoms with E-state index in [-0.39, 0.29) is 17.1 Å². The van der Waals surface area contributed by atoms with Crippen molar-refractivity contribution in [3.8, 4) is 11.5 Å². The molecule has 1 heterocycles. The number of alkyl halides is 2. The van der Waals surface area contributed by atoms with E-state index in [1.807, 2.05) is 24.3 Å². The van der Waals surface area contributed by atoms with Gasteiger partial charge in [-0.05, 0) is 29.8 Å². The largest absolute Gasteiger partial charge is 0.493 e. The number of carbonyl (C=O) groups is 1. The third-order valence-corrected chi connectivity index (χ3v) is 4.59. The van der Waals surface area contributed by atoms with E-state index in [0.29, 0.717) is 12.4 Å². The first-order valence-electron chi connectivity index (χ1n) is 8.83. The number of ether oxygens (including phenoxy) is 2. The van der Waals surface area contributed by atoms with Gasteiger partial charge in [0.25, 0.3) is 0 Å². The molecule has 1 N–H and O–H groups in total. The molecule has 0 aliphatic rings. The van der Waals surface area contributed by atoms with Crippen LogP contribution in [0.1, 0.15) is 11.1 Å². The van der Waals surface area contributed by atoms with Gasteiger partial charge in [0.15, 0.2) is 11.5 Å². The van der Waals surface area contributed by atoms with E-state index in [1.54, 1.807) is 29.1 Å². The topological polar surface area (TPSA) is 65.4 Å². The number of anilines is 1. The Hall–Kier alpha value is -3.20. The number of rotatable bonds is 8. The standard InChI is InChI=1S/C21H18BrF2N3O3/c1-29-17-4-2-3-15(20(17)30-21(23)24)7-10-19(28)26-18-11-12-25-27(18)13-14-5-8-16(22)9-6-14/h2-12,21H,13H2,1H3,(H,26,28). The second-order valence-electron chi connectivity index (χ2n) is 6.08. The maximum Gasteiger partial charge on any atom is 0.387 e. The van der Waals surface area contributed by atoms with Crippen LogP contribution in [0, 0.1) is 0 Å². The molecule has 0 fully saturated rings. The van der Waals surface area contributed by atoms with Crippen LogP contribution in [0.4, 0.5) is 14.6 Å². The van der Waals surface area contributed by atoms with Crippen molar-refractivity contribution in [1.29, 1.82) is 0 Å². The number of nitrogens with one attached hydrogen (secondary N) is 1. The summed E-state index contributed by atoms with van der Waals surface area (Å²) < 4.78 is 37.6. The highest BCUT2D eigenvalue weighted by atomic mass is 79.9. The summed E-state index contributed by atoms with van der Waals surface area (Å²) in [6.45, 7) is -2.54. The SMILES string of the molecule is COc1cccc(C=CC(=O)Nc2ccnn2Cc2ccc(Br)cc2)c1OC(F)F. The fourth-order valence-electron chi connectivity index (χ4n) is 2.70. The molecule has 0 atom stereocenters. The van der Waals surface area contributed by atoms with Crippen molar-refractivity contribution in [2.24, 2.45) is 0 Å². The molecular formula is C21H18BrF2N3O3. The normalized spacial score (nSPS) is 11.1. The van der Waals surface area contributed by atoms with Crippen molar-refractivity contribution < 1.29 is 23.0 Å². The van der Waals surface area contributed by atoms with Crippen LogP contribution in [0.3, 0.4) is 0 Å². The van der Waals surface area contributed by atoms with Gasteiger partial charge < -0.3 is 14.8 Å². The Morgan fingerprint density at radius 3 is 2.70 bits per heavy atom. The number of benzene rings is 2. The van der Waals surface area contributed by atoms with Crippen LogP contribution in [0.15, 0.2) is 65.3 Å². The number of aromatic nitrogens is 2. The predicted molar refractivity (Wildman–Crippen MR) is 113 cm³/mol. The maximum atomic E-state index is 12.7. The van der Waals surface area contributed by atoms with Gasteiger partial charge >= 0.3 is 6.61 Å². The maximum absolute atomic E-state index is 12.7. The van der Waals surface area contributed by atoms with Crippen molar-refractivity contribution in [3.05, 3.63) is 76.4 Å². The summed E-state index contributed by atoms with van der Waals surface area (Å²) in [5, 5.41) is 6.95. The summed E-state index contributed by atoms with van der Waals surface area (Å²) in [5.41, 5.74) is 1.30. The molecule has 30 heavy (non-hydrogen) atoms. The Kier molecular flexibility index (Phi) is 7.18. The Morgan fingerprint density at radius 2 is 2.00 bits per heavy atom. The molecular weight excluding hydrogens is 460 g/mol. The lowest BCUT2D eigenvalue weighted by molar-refractivity contribution is -0.111. The van der Waals surface area contributed by atoms with Gasteiger partial charge in [0.2, 0.25) is 5.91 Å². The summed E-state index contributed by atoms with van der Waals surface area (Å²) in [4.78, 5) is 12.4. The van der Waals surface area contributed by atoms with Crippen LogP contribution in [0.5, 0.6) is 11.5 Å². The first-order chi connectivity index (χ1) is 14.5. The van der Waals surface area contributed by atoms with Crippen molar-refractivity contribution in [3.63, 3.8) is 0 Å². The molecule has 2 aromatic carbocycles. The van der Waals surface area contributed by atoms with Crippen LogP contribution < -0.4 is 14.8 Å². The van der Waals surface area contributed by atoms with Gasteiger partial charge in [0.1, 0.15) is 5.82 Å². The van der Waals surface area contributed by atoms with Crippen LogP contribution in [0.25, 0.3) is 6.08 Å². The Bertz CT molecular complexity index is 1040. The Labute approximate surface area is 180 Å². The molecule has 3 aromatic rings. The van der Waals surface area contributed by atoms with E-state index in [0.717, 1.165) is 10.0 Å². The predicted octanol–water partition coefficient (Wildman–Crippen LogP) is 4.96. The van der Waals surface area contributed by atoms with E-state index in [1.165, 1.54) is 25.3 Å². The number of para-hydroxylation sites is 1. The molecule has 1 aromatic heterocycles. The van der Waals surface area contributed by atoms with Gasteiger partial charge in [-0.2, -0.15) is 13.9 Å². The molecule has 1 amide bonds. The van der Waals surface area contributed by atoms with Gasteiger partial charge in [-0.25, -0.2) is 4.68 Å². The average molecular weight is 478 g/mol. The fraction of sp³-hybridized carbons (Fsp3) is 0.143. The number of methoxy groups -OCH3 is 1. The Morgan fingerprint density at radius 1 is 1.23 bits per heavy atom. The first-order valence-corrected chi connectivity index (χ1v) is 9.62. The van der Waals surface area contributed by atoms with Crippen LogP contribution >= 0.6 is 15.9 Å². The molecule has 6 nitrogen and oxygen atoms in total. The van der Waals surface area contributed by atoms with E-state index >= 15 is 0 Å². The van der Waals surface area contributed by atoms with E-state index in [9.17, 15) is 13.6 Å². The molecule has 0 aliphatic heterocycles. The minimum absolute atomic E-state index is 0.140. The number of carbonyl (C=O) groups excluding carboxylic acids is 1. The number of nitrogens with zero attached hydrogens (tertiary/aromatic N) is 2. The lowest BCUT2D eigenvalue weighted by Crippen LogP contribution is -2.13. The molecule has 0 aliphatic carbocycles. The number of hydrogen-bond acceptors (Lipinski definition) is 4. The Balaban J connectivity index is 1.72. The van der Waals surface area contributed by atoms with Gasteiger partial charge in [-0.15, -0.1) is 0 Å². The van der Waals surface area contributed by atoms with Crippen molar-refractivity contribution >= 4 is 33.7 Å². The zero-order chi connectivity index (χ0) is 21.5. The fourth-order valence-corrected chi connectivity index (χ4v) is 2.97. The lowest BCUT2D eigenvalue weighted by atomic mass is 10.1. The molecule has 0 saturated heterocycles. The van der Waals surface area contributed by atoms with Gasteiger partial charge in [-0.1, -0.05) is 40.2 Å². The number of hydrogen-bond donors (Lipinski definition) is 1. The van der Waals surface area contributed by atoms with Gasteiger partial charge in [-0.3, -0.25) is 4.79 Å². The van der Waals surface area contributed by atoms with Gasteiger partial charge in [0, 0.05) is 22.2 Å². The van der Waals surface area contributed by atoms with Crippen LogP contribution in [-0.4, -0.2) is 29.4 Å². The minimum atomic E-state index is -3.02. The molecule has 0 bridgehead atoms. The van der Waals surface area contributed by atoms with E-state index < -0.39 is 12.5 Å². The molecule has 156 valence electrons. The average Bonchev–Trinajstić information content (AvgIpc) is 3.15. The highest BCUT2D eigenvalue weighted by Gasteiger charge is 2.14. The third kappa shape index (κ3) is 5.66. The molecule has 0 radical (unpaired) electrons. The van der Waals surface area contributed by atoms with Gasteiger partial charge in [0.05, 0.1) is 19.9 Å². The monoisotopic (exact) mass is 477 g/mol. The second-order valence-corrected chi connectivity index (χ2v) is 7.00. The lowest BCUT2D eigenvalue weighted by Gasteiger charge is -2.12. The smallest absolute Gasteiger partial charge is 0.387 e. The van der Waals surface area contributed by atoms with E-state index in [4.69, 9.17) is 4.74 Å². The zero-order valence-corrected chi connectivity index (χ0v) is 17.5. The van der Waals surface area contributed by atoms with Crippen molar-refractivity contribution in [2.45, 2.75) is 13.2 Å². The zero-order valence-electron chi connectivity index (χ0n) is 15.9. The summed E-state index contributed by atoms with van der Waals surface area (Å²) in [6.07, 6.45) is 4.18.